The van der Waals surface area contributed by atoms with Crippen molar-refractivity contribution < 1.29 is 31.4 Å². The van der Waals surface area contributed by atoms with E-state index in [9.17, 15) is 17.6 Å². The molecular weight excluding hydrogens is 503 g/mol. The number of hydrogen-bond acceptors (Lipinski definition) is 4. The van der Waals surface area contributed by atoms with E-state index >= 15 is 4.39 Å². The molecule has 0 saturated carbocycles. The second-order valence-electron chi connectivity index (χ2n) is 8.95. The van der Waals surface area contributed by atoms with E-state index in [4.69, 9.17) is 4.74 Å². The topological polar surface area (TPSA) is 44.2 Å². The molecule has 0 saturated heterocycles. The van der Waals surface area contributed by atoms with Gasteiger partial charge in [0.1, 0.15) is 11.6 Å². The average Bonchev–Trinajstić information content (AvgIpc) is 2.90. The molecule has 0 spiro atoms. The van der Waals surface area contributed by atoms with Crippen LogP contribution in [0.2, 0.25) is 0 Å². The molecule has 0 atom stereocenters. The fourth-order valence-electron chi connectivity index (χ4n) is 4.01. The van der Waals surface area contributed by atoms with Crippen molar-refractivity contribution in [1.29, 1.82) is 0 Å². The highest BCUT2D eigenvalue weighted by Gasteiger charge is 2.29. The first-order valence-corrected chi connectivity index (χ1v) is 12.3. The van der Waals surface area contributed by atoms with Gasteiger partial charge in [0.25, 0.3) is 0 Å². The van der Waals surface area contributed by atoms with Gasteiger partial charge in [-0.3, -0.25) is 0 Å². The first-order chi connectivity index (χ1) is 18.2. The number of benzene rings is 3. The van der Waals surface area contributed by atoms with Crippen LogP contribution in [0.5, 0.6) is 11.5 Å². The minimum atomic E-state index is -4.55. The maximum atomic E-state index is 15.2. The van der Waals surface area contributed by atoms with Crippen molar-refractivity contribution in [3.63, 3.8) is 0 Å². The Hall–Kier alpha value is -3.75. The molecule has 0 aliphatic rings. The monoisotopic (exact) mass is 530 g/mol. The van der Waals surface area contributed by atoms with Gasteiger partial charge in [-0.2, -0.15) is 13.2 Å². The number of fused-ring (bicyclic) bond motifs is 1. The van der Waals surface area contributed by atoms with Gasteiger partial charge in [0.05, 0.1) is 19.0 Å². The molecule has 0 N–H and O–H groups in total. The minimum Gasteiger partial charge on any atom is -0.490 e. The van der Waals surface area contributed by atoms with Gasteiger partial charge >= 0.3 is 6.18 Å². The van der Waals surface area contributed by atoms with Gasteiger partial charge < -0.3 is 9.47 Å². The molecule has 0 unspecified atom stereocenters. The van der Waals surface area contributed by atoms with Crippen LogP contribution in [0.4, 0.5) is 22.0 Å². The lowest BCUT2D eigenvalue weighted by Gasteiger charge is -2.11. The lowest BCUT2D eigenvalue weighted by molar-refractivity contribution is -0.153. The van der Waals surface area contributed by atoms with Crippen LogP contribution in [0.1, 0.15) is 35.9 Å². The molecule has 9 heteroatoms. The molecule has 200 valence electrons. The second-order valence-corrected chi connectivity index (χ2v) is 8.95. The van der Waals surface area contributed by atoms with E-state index < -0.39 is 24.3 Å². The molecule has 4 aromatic rings. The fourth-order valence-corrected chi connectivity index (χ4v) is 4.01. The van der Waals surface area contributed by atoms with Crippen LogP contribution < -0.4 is 9.47 Å². The number of ether oxygens (including phenoxy) is 2. The zero-order valence-corrected chi connectivity index (χ0v) is 20.8. The lowest BCUT2D eigenvalue weighted by atomic mass is 9.98. The smallest absolute Gasteiger partial charge is 0.422 e. The Labute approximate surface area is 217 Å². The molecule has 0 fully saturated rings. The molecule has 38 heavy (non-hydrogen) atoms. The van der Waals surface area contributed by atoms with Crippen LogP contribution in [0.3, 0.4) is 0 Å². The Kier molecular flexibility index (Phi) is 8.76. The van der Waals surface area contributed by atoms with E-state index in [2.05, 4.69) is 14.7 Å². The molecule has 3 aromatic carbocycles. The minimum absolute atomic E-state index is 0.307. The summed E-state index contributed by atoms with van der Waals surface area (Å²) in [7, 11) is 0. The highest BCUT2D eigenvalue weighted by Crippen LogP contribution is 2.26. The van der Waals surface area contributed by atoms with Gasteiger partial charge in [0, 0.05) is 11.8 Å². The highest BCUT2D eigenvalue weighted by atomic mass is 19.4. The van der Waals surface area contributed by atoms with E-state index in [0.29, 0.717) is 60.4 Å². The Morgan fingerprint density at radius 3 is 2.21 bits per heavy atom. The molecule has 0 aliphatic heterocycles. The van der Waals surface area contributed by atoms with Crippen LogP contribution >= 0.6 is 0 Å². The van der Waals surface area contributed by atoms with E-state index in [1.807, 2.05) is 25.1 Å². The van der Waals surface area contributed by atoms with Crippen LogP contribution in [0.15, 0.2) is 60.9 Å². The Balaban J connectivity index is 1.37. The Morgan fingerprint density at radius 2 is 1.50 bits per heavy atom. The summed E-state index contributed by atoms with van der Waals surface area (Å²) < 4.78 is 76.2. The molecule has 0 radical (unpaired) electrons. The first kappa shape index (κ1) is 27.3. The Morgan fingerprint density at radius 1 is 0.789 bits per heavy atom. The number of rotatable bonds is 11. The number of aryl methyl sites for hydroxylation is 4. The fraction of sp³-hybridized carbons (Fsp3) is 0.310. The largest absolute Gasteiger partial charge is 0.490 e. The SMILES string of the molecule is CCCOc1cnc(CCc2ccc3c(F)c(CCc4ccc(OCC(F)(F)F)c(F)c4)ccc3c2)nc1. The number of nitrogens with zero attached hydrogens (tertiary/aromatic N) is 2. The summed E-state index contributed by atoms with van der Waals surface area (Å²) in [5.41, 5.74) is 2.04. The summed E-state index contributed by atoms with van der Waals surface area (Å²) in [6.07, 6.45) is 1.65. The summed E-state index contributed by atoms with van der Waals surface area (Å²) in [6.45, 7) is 1.08. The molecule has 4 rings (SSSR count). The normalized spacial score (nSPS) is 11.6. The molecule has 0 amide bonds. The molecule has 1 heterocycles. The number of halogens is 5. The third kappa shape index (κ3) is 7.40. The van der Waals surface area contributed by atoms with Gasteiger partial charge in [-0.15, -0.1) is 0 Å². The summed E-state index contributed by atoms with van der Waals surface area (Å²) in [6, 6.07) is 12.9. The van der Waals surface area contributed by atoms with Crippen molar-refractivity contribution in [1.82, 2.24) is 9.97 Å². The van der Waals surface area contributed by atoms with Crippen molar-refractivity contribution in [3.05, 3.63) is 95.1 Å². The van der Waals surface area contributed by atoms with Gasteiger partial charge in [-0.1, -0.05) is 43.3 Å². The summed E-state index contributed by atoms with van der Waals surface area (Å²) in [4.78, 5) is 8.68. The van der Waals surface area contributed by atoms with Gasteiger partial charge in [-0.25, -0.2) is 18.7 Å². The van der Waals surface area contributed by atoms with E-state index in [-0.39, 0.29) is 5.82 Å². The zero-order valence-electron chi connectivity index (χ0n) is 20.8. The quantitative estimate of drug-likeness (QED) is 0.192. The third-order valence-corrected chi connectivity index (χ3v) is 5.96. The maximum Gasteiger partial charge on any atom is 0.422 e. The molecule has 0 bridgehead atoms. The first-order valence-electron chi connectivity index (χ1n) is 12.3. The van der Waals surface area contributed by atoms with Gasteiger partial charge in [0.15, 0.2) is 23.9 Å². The lowest BCUT2D eigenvalue weighted by Crippen LogP contribution is -2.19. The average molecular weight is 531 g/mol. The van der Waals surface area contributed by atoms with E-state index in [1.165, 1.54) is 6.07 Å². The number of hydrogen-bond donors (Lipinski definition) is 0. The van der Waals surface area contributed by atoms with E-state index in [1.54, 1.807) is 24.5 Å². The number of aromatic nitrogens is 2. The molecule has 1 aromatic heterocycles. The second kappa shape index (κ2) is 12.2. The molecule has 0 aliphatic carbocycles. The van der Waals surface area contributed by atoms with Crippen LogP contribution in [0.25, 0.3) is 10.8 Å². The van der Waals surface area contributed by atoms with Crippen molar-refractivity contribution in [2.45, 2.75) is 45.2 Å². The highest BCUT2D eigenvalue weighted by molar-refractivity contribution is 5.84. The predicted octanol–water partition coefficient (Wildman–Crippen LogP) is 7.21. The van der Waals surface area contributed by atoms with Crippen molar-refractivity contribution in [2.24, 2.45) is 0 Å². The van der Waals surface area contributed by atoms with Crippen LogP contribution in [0, 0.1) is 11.6 Å². The Bertz CT molecular complexity index is 1370. The predicted molar refractivity (Wildman–Crippen MR) is 134 cm³/mol. The van der Waals surface area contributed by atoms with Crippen molar-refractivity contribution >= 4 is 10.8 Å². The van der Waals surface area contributed by atoms with Crippen molar-refractivity contribution in [2.75, 3.05) is 13.2 Å². The number of alkyl halides is 3. The third-order valence-electron chi connectivity index (χ3n) is 5.96. The van der Waals surface area contributed by atoms with Crippen LogP contribution in [-0.2, 0) is 25.7 Å². The summed E-state index contributed by atoms with van der Waals surface area (Å²) >= 11 is 0. The van der Waals surface area contributed by atoms with Gasteiger partial charge in [-0.05, 0) is 59.9 Å². The summed E-state index contributed by atoms with van der Waals surface area (Å²) in [5.74, 6) is -0.352. The molecular formula is C29H27F5N2O2. The van der Waals surface area contributed by atoms with Crippen LogP contribution in [-0.4, -0.2) is 29.4 Å². The zero-order chi connectivity index (χ0) is 27.1. The van der Waals surface area contributed by atoms with Crippen molar-refractivity contribution in [3.8, 4) is 11.5 Å². The molecule has 4 nitrogen and oxygen atoms in total. The maximum absolute atomic E-state index is 15.2. The standard InChI is InChI=1S/C29H27F5N2O2/c1-2-13-37-23-16-35-27(36-17-23)12-6-19-4-10-24-22(14-19)9-8-21(28(24)31)7-3-20-5-11-26(25(30)15-20)38-18-29(32,33)34/h4-5,8-11,14-17H,2-3,6-7,12-13,18H2,1H3. The summed E-state index contributed by atoms with van der Waals surface area (Å²) in [5, 5.41) is 1.26. The van der Waals surface area contributed by atoms with Gasteiger partial charge in [0.2, 0.25) is 0 Å². The van der Waals surface area contributed by atoms with E-state index in [0.717, 1.165) is 29.5 Å².